The number of ether oxygens (including phenoxy) is 5. The number of benzene rings is 1. The first-order valence-corrected chi connectivity index (χ1v) is 11.9. The van der Waals surface area contributed by atoms with Crippen molar-refractivity contribution in [3.05, 3.63) is 42.2 Å². The number of phenols is 1. The van der Waals surface area contributed by atoms with Crippen LogP contribution in [0.3, 0.4) is 0 Å². The van der Waals surface area contributed by atoms with Gasteiger partial charge in [-0.2, -0.15) is 0 Å². The maximum Gasteiger partial charge on any atom is 0.208 e. The van der Waals surface area contributed by atoms with Gasteiger partial charge in [-0.1, -0.05) is 12.1 Å². The number of epoxide rings is 1. The predicted octanol–water partition coefficient (Wildman–Crippen LogP) is -1.34. The molecule has 1 saturated carbocycles. The zero-order valence-electron chi connectivity index (χ0n) is 19.9. The van der Waals surface area contributed by atoms with E-state index in [0.717, 1.165) is 0 Å². The molecule has 3 fully saturated rings. The van der Waals surface area contributed by atoms with Crippen LogP contribution in [0.25, 0.3) is 6.08 Å². The molecule has 0 radical (unpaired) electrons. The Morgan fingerprint density at radius 2 is 1.92 bits per heavy atom. The van der Waals surface area contributed by atoms with Crippen molar-refractivity contribution < 1.29 is 59.1 Å². The summed E-state index contributed by atoms with van der Waals surface area (Å²) in [6.45, 7) is -1.03. The first-order valence-electron chi connectivity index (χ1n) is 11.9. The number of ketones is 1. The minimum absolute atomic E-state index is 0.0264. The van der Waals surface area contributed by atoms with Crippen LogP contribution in [0.2, 0.25) is 0 Å². The molecule has 1 unspecified atom stereocenters. The number of hydrogen-bond donors (Lipinski definition) is 6. The van der Waals surface area contributed by atoms with Crippen molar-refractivity contribution in [3.63, 3.8) is 0 Å². The standard InChI is InChI=1S/C25H30O12/c1-33-15-8-11(2-4-13(15)28)3-5-14(29)17-12-6-7-34-23(18(12)25(10-27)22(17)37-25)36-24-21(32)20(31)19(30)16(9-26)35-24/h2-8,12,16-24,26-28,30-32H,9-10H2,1H3/b5-3+/t12-,16+,17+,18+,19+,20-,21+,22?,23-,24-,25+/m0/s1. The van der Waals surface area contributed by atoms with E-state index in [9.17, 15) is 35.4 Å². The van der Waals surface area contributed by atoms with Gasteiger partial charge in [0.05, 0.1) is 38.4 Å². The molecule has 12 nitrogen and oxygen atoms in total. The molecule has 6 N–H and O–H groups in total. The fraction of sp³-hybridized carbons (Fsp3) is 0.560. The van der Waals surface area contributed by atoms with E-state index in [4.69, 9.17) is 23.7 Å². The average molecular weight is 523 g/mol. The summed E-state index contributed by atoms with van der Waals surface area (Å²) in [5.41, 5.74) is -0.488. The number of aromatic hydroxyl groups is 1. The van der Waals surface area contributed by atoms with Gasteiger partial charge < -0.3 is 54.3 Å². The second-order valence-electron chi connectivity index (χ2n) is 9.61. The lowest BCUT2D eigenvalue weighted by Crippen LogP contribution is -2.60. The number of aliphatic hydroxyl groups is 5. The van der Waals surface area contributed by atoms with Crippen LogP contribution in [0.4, 0.5) is 0 Å². The number of carbonyl (C=O) groups is 1. The number of allylic oxidation sites excluding steroid dienone is 2. The third kappa shape index (κ3) is 4.33. The minimum Gasteiger partial charge on any atom is -0.504 e. The molecule has 0 bridgehead atoms. The van der Waals surface area contributed by atoms with Crippen LogP contribution < -0.4 is 4.74 Å². The topological polar surface area (TPSA) is 188 Å². The van der Waals surface area contributed by atoms with Gasteiger partial charge in [-0.25, -0.2) is 0 Å². The number of aliphatic hydroxyl groups excluding tert-OH is 5. The lowest BCUT2D eigenvalue weighted by Gasteiger charge is -2.43. The zero-order chi connectivity index (χ0) is 26.5. The summed E-state index contributed by atoms with van der Waals surface area (Å²) < 4.78 is 27.9. The van der Waals surface area contributed by atoms with Gasteiger partial charge in [-0.15, -0.1) is 0 Å². The van der Waals surface area contributed by atoms with E-state index in [2.05, 4.69) is 0 Å². The third-order valence-corrected chi connectivity index (χ3v) is 7.63. The Balaban J connectivity index is 1.35. The molecule has 1 aromatic carbocycles. The number of rotatable bonds is 8. The third-order valence-electron chi connectivity index (χ3n) is 7.63. The monoisotopic (exact) mass is 522 g/mol. The number of phenolic OH excluding ortho intramolecular Hbond substituents is 1. The number of carbonyl (C=O) groups excluding carboxylic acids is 1. The molecule has 0 aromatic heterocycles. The molecular formula is C25H30O12. The van der Waals surface area contributed by atoms with Crippen LogP contribution in [0.1, 0.15) is 5.56 Å². The maximum absolute atomic E-state index is 13.3. The number of hydrogen-bond acceptors (Lipinski definition) is 12. The van der Waals surface area contributed by atoms with Crippen molar-refractivity contribution in [2.45, 2.75) is 48.7 Å². The smallest absolute Gasteiger partial charge is 0.208 e. The Kier molecular flexibility index (Phi) is 7.02. The van der Waals surface area contributed by atoms with Gasteiger partial charge in [-0.05, 0) is 29.8 Å². The highest BCUT2D eigenvalue weighted by Crippen LogP contribution is 2.62. The van der Waals surface area contributed by atoms with E-state index < -0.39 is 79.7 Å². The van der Waals surface area contributed by atoms with Crippen molar-refractivity contribution in [2.75, 3.05) is 20.3 Å². The molecular weight excluding hydrogens is 492 g/mol. The molecule has 202 valence electrons. The minimum atomic E-state index is -1.64. The van der Waals surface area contributed by atoms with Crippen molar-refractivity contribution in [3.8, 4) is 11.5 Å². The molecule has 0 spiro atoms. The SMILES string of the molecule is COc1cc(/C=C/C(=O)[C@@H]2C3O[C@]3(CO)[C@H]3[C@H](O[C@@H]4O[C@H](CO)[C@@H](O)[C@H](O)[C@H]4O)OC=C[C@H]32)ccc1O. The first kappa shape index (κ1) is 26.1. The molecule has 11 atom stereocenters. The van der Waals surface area contributed by atoms with Crippen LogP contribution in [-0.2, 0) is 23.7 Å². The lowest BCUT2D eigenvalue weighted by molar-refractivity contribution is -0.344. The molecule has 12 heteroatoms. The first-order chi connectivity index (χ1) is 17.7. The summed E-state index contributed by atoms with van der Waals surface area (Å²) in [4.78, 5) is 13.3. The Bertz CT molecular complexity index is 1070. The molecule has 0 amide bonds. The molecule has 3 aliphatic heterocycles. The average Bonchev–Trinajstić information content (AvgIpc) is 3.56. The van der Waals surface area contributed by atoms with E-state index in [0.29, 0.717) is 5.56 Å². The fourth-order valence-corrected chi connectivity index (χ4v) is 5.64. The highest BCUT2D eigenvalue weighted by atomic mass is 16.8. The van der Waals surface area contributed by atoms with Crippen LogP contribution in [-0.4, -0.2) is 105 Å². The number of fused-ring (bicyclic) bond motifs is 3. The molecule has 37 heavy (non-hydrogen) atoms. The predicted molar refractivity (Wildman–Crippen MR) is 123 cm³/mol. The van der Waals surface area contributed by atoms with Gasteiger partial charge in [-0.3, -0.25) is 4.79 Å². The Morgan fingerprint density at radius 3 is 2.62 bits per heavy atom. The van der Waals surface area contributed by atoms with Gasteiger partial charge >= 0.3 is 0 Å². The quantitative estimate of drug-likeness (QED) is 0.175. The molecule has 5 rings (SSSR count). The van der Waals surface area contributed by atoms with Gasteiger partial charge in [0.1, 0.15) is 36.1 Å². The maximum atomic E-state index is 13.3. The van der Waals surface area contributed by atoms with E-state index in [-0.39, 0.29) is 17.3 Å². The van der Waals surface area contributed by atoms with Gasteiger partial charge in [0.25, 0.3) is 0 Å². The molecule has 4 aliphatic rings. The van der Waals surface area contributed by atoms with Gasteiger partial charge in [0.15, 0.2) is 23.6 Å². The number of methoxy groups -OCH3 is 1. The summed E-state index contributed by atoms with van der Waals surface area (Å²) in [5.74, 6) is -1.77. The Labute approximate surface area is 211 Å². The lowest BCUT2D eigenvalue weighted by atomic mass is 9.82. The highest BCUT2D eigenvalue weighted by Gasteiger charge is 2.76. The summed E-state index contributed by atoms with van der Waals surface area (Å²) in [6, 6.07) is 4.67. The largest absolute Gasteiger partial charge is 0.504 e. The van der Waals surface area contributed by atoms with Crippen LogP contribution in [0.5, 0.6) is 11.5 Å². The summed E-state index contributed by atoms with van der Waals surface area (Å²) >= 11 is 0. The van der Waals surface area contributed by atoms with E-state index in [1.54, 1.807) is 24.3 Å². The second-order valence-corrected chi connectivity index (χ2v) is 9.61. The molecule has 1 aromatic rings. The Hall–Kier alpha value is -2.55. The van der Waals surface area contributed by atoms with Crippen molar-refractivity contribution >= 4 is 11.9 Å². The van der Waals surface area contributed by atoms with E-state index in [1.165, 1.54) is 25.5 Å². The fourth-order valence-electron chi connectivity index (χ4n) is 5.64. The summed E-state index contributed by atoms with van der Waals surface area (Å²) in [7, 11) is 1.42. The summed E-state index contributed by atoms with van der Waals surface area (Å²) in [6.07, 6.45) is -3.14. The van der Waals surface area contributed by atoms with Crippen molar-refractivity contribution in [1.82, 2.24) is 0 Å². The van der Waals surface area contributed by atoms with Crippen LogP contribution >= 0.6 is 0 Å². The zero-order valence-corrected chi connectivity index (χ0v) is 19.9. The Morgan fingerprint density at radius 1 is 1.14 bits per heavy atom. The normalized spacial score (nSPS) is 42.2. The summed E-state index contributed by atoms with van der Waals surface area (Å²) in [5, 5.41) is 59.9. The molecule has 2 saturated heterocycles. The van der Waals surface area contributed by atoms with Gasteiger partial charge in [0.2, 0.25) is 6.29 Å². The molecule has 3 heterocycles. The van der Waals surface area contributed by atoms with Gasteiger partial charge in [0, 0.05) is 5.92 Å². The van der Waals surface area contributed by atoms with Crippen molar-refractivity contribution in [2.24, 2.45) is 17.8 Å². The van der Waals surface area contributed by atoms with E-state index in [1.807, 2.05) is 0 Å². The molecule has 1 aliphatic carbocycles. The highest BCUT2D eigenvalue weighted by molar-refractivity contribution is 5.97. The van der Waals surface area contributed by atoms with E-state index >= 15 is 0 Å². The second kappa shape index (κ2) is 9.97. The van der Waals surface area contributed by atoms with Crippen molar-refractivity contribution in [1.29, 1.82) is 0 Å². The van der Waals surface area contributed by atoms with Crippen LogP contribution in [0, 0.1) is 17.8 Å². The van der Waals surface area contributed by atoms with Crippen LogP contribution in [0.15, 0.2) is 36.6 Å².